The van der Waals surface area contributed by atoms with E-state index < -0.39 is 0 Å². The lowest BCUT2D eigenvalue weighted by Gasteiger charge is -2.14. The third-order valence-corrected chi connectivity index (χ3v) is 3.19. The standard InChI is InChI=1S/C15H18BrN3O/c1-11(2)19-9-12-8-13(16)4-5-14(12)20-10-15-17-6-3-7-18-15/h3-8,11,19H,9-10H2,1-2H3. The fourth-order valence-corrected chi connectivity index (χ4v) is 2.10. The first-order valence-electron chi connectivity index (χ1n) is 6.55. The van der Waals surface area contributed by atoms with Crippen LogP contribution in [0.15, 0.2) is 41.1 Å². The average molecular weight is 336 g/mol. The van der Waals surface area contributed by atoms with Gasteiger partial charge in [0.2, 0.25) is 0 Å². The Morgan fingerprint density at radius 1 is 1.25 bits per heavy atom. The summed E-state index contributed by atoms with van der Waals surface area (Å²) in [6.07, 6.45) is 3.43. The second kappa shape index (κ2) is 7.36. The summed E-state index contributed by atoms with van der Waals surface area (Å²) < 4.78 is 6.87. The summed E-state index contributed by atoms with van der Waals surface area (Å²) in [6, 6.07) is 8.22. The predicted molar refractivity (Wildman–Crippen MR) is 82.5 cm³/mol. The highest BCUT2D eigenvalue weighted by atomic mass is 79.9. The van der Waals surface area contributed by atoms with Crippen LogP contribution in [0.2, 0.25) is 0 Å². The largest absolute Gasteiger partial charge is 0.485 e. The molecular weight excluding hydrogens is 318 g/mol. The Kier molecular flexibility index (Phi) is 5.49. The molecule has 1 N–H and O–H groups in total. The summed E-state index contributed by atoms with van der Waals surface area (Å²) in [5.74, 6) is 1.53. The fourth-order valence-electron chi connectivity index (χ4n) is 1.69. The quantitative estimate of drug-likeness (QED) is 0.879. The lowest BCUT2D eigenvalue weighted by Crippen LogP contribution is -2.22. The summed E-state index contributed by atoms with van der Waals surface area (Å²) in [6.45, 7) is 5.38. The molecule has 0 aliphatic carbocycles. The summed E-state index contributed by atoms with van der Waals surface area (Å²) >= 11 is 3.49. The van der Waals surface area contributed by atoms with Crippen molar-refractivity contribution in [3.8, 4) is 5.75 Å². The van der Waals surface area contributed by atoms with Crippen LogP contribution in [0.5, 0.6) is 5.75 Å². The molecule has 0 radical (unpaired) electrons. The van der Waals surface area contributed by atoms with Crippen LogP contribution in [0.3, 0.4) is 0 Å². The number of halogens is 1. The highest BCUT2D eigenvalue weighted by molar-refractivity contribution is 9.10. The van der Waals surface area contributed by atoms with Gasteiger partial charge in [-0.15, -0.1) is 0 Å². The summed E-state index contributed by atoms with van der Waals surface area (Å²) in [5, 5.41) is 3.40. The molecular formula is C15H18BrN3O. The van der Waals surface area contributed by atoms with Crippen LogP contribution in [0, 0.1) is 0 Å². The van der Waals surface area contributed by atoms with Gasteiger partial charge >= 0.3 is 0 Å². The fraction of sp³-hybridized carbons (Fsp3) is 0.333. The molecule has 0 fully saturated rings. The molecule has 2 rings (SSSR count). The van der Waals surface area contributed by atoms with Crippen molar-refractivity contribution in [2.24, 2.45) is 0 Å². The molecule has 5 heteroatoms. The summed E-state index contributed by atoms with van der Waals surface area (Å²) in [5.41, 5.74) is 1.11. The molecule has 0 atom stereocenters. The molecule has 0 amide bonds. The number of benzene rings is 1. The average Bonchev–Trinajstić information content (AvgIpc) is 2.45. The normalized spacial score (nSPS) is 10.8. The first-order valence-corrected chi connectivity index (χ1v) is 7.35. The van der Waals surface area contributed by atoms with Crippen LogP contribution in [-0.2, 0) is 13.2 Å². The van der Waals surface area contributed by atoms with Crippen molar-refractivity contribution in [3.05, 3.63) is 52.5 Å². The number of nitrogens with zero attached hydrogens (tertiary/aromatic N) is 2. The molecule has 0 aliphatic rings. The maximum Gasteiger partial charge on any atom is 0.166 e. The van der Waals surface area contributed by atoms with E-state index in [4.69, 9.17) is 4.74 Å². The van der Waals surface area contributed by atoms with Gasteiger partial charge in [0.15, 0.2) is 5.82 Å². The van der Waals surface area contributed by atoms with Crippen LogP contribution in [0.1, 0.15) is 25.2 Å². The van der Waals surface area contributed by atoms with Crippen molar-refractivity contribution >= 4 is 15.9 Å². The summed E-state index contributed by atoms with van der Waals surface area (Å²) in [4.78, 5) is 8.31. The maximum absolute atomic E-state index is 5.82. The highest BCUT2D eigenvalue weighted by Crippen LogP contribution is 2.24. The van der Waals surface area contributed by atoms with E-state index >= 15 is 0 Å². The summed E-state index contributed by atoms with van der Waals surface area (Å²) in [7, 11) is 0. The Bertz CT molecular complexity index is 546. The molecule has 0 spiro atoms. The third kappa shape index (κ3) is 4.58. The predicted octanol–water partition coefficient (Wildman–Crippen LogP) is 3.32. The van der Waals surface area contributed by atoms with Crippen LogP contribution < -0.4 is 10.1 Å². The Morgan fingerprint density at radius 2 is 2.00 bits per heavy atom. The first kappa shape index (κ1) is 14.9. The number of nitrogens with one attached hydrogen (secondary N) is 1. The van der Waals surface area contributed by atoms with E-state index in [0.29, 0.717) is 18.5 Å². The maximum atomic E-state index is 5.82. The van der Waals surface area contributed by atoms with Gasteiger partial charge in [0.05, 0.1) is 0 Å². The van der Waals surface area contributed by atoms with Gasteiger partial charge in [0.25, 0.3) is 0 Å². The van der Waals surface area contributed by atoms with Gasteiger partial charge in [-0.2, -0.15) is 0 Å². The van der Waals surface area contributed by atoms with E-state index in [1.54, 1.807) is 18.5 Å². The number of hydrogen-bond acceptors (Lipinski definition) is 4. The number of aromatic nitrogens is 2. The van der Waals surface area contributed by atoms with Gasteiger partial charge in [0.1, 0.15) is 12.4 Å². The molecule has 0 saturated carbocycles. The molecule has 2 aromatic rings. The second-order valence-electron chi connectivity index (χ2n) is 4.74. The molecule has 0 saturated heterocycles. The van der Waals surface area contributed by atoms with Crippen molar-refractivity contribution < 1.29 is 4.74 Å². The van der Waals surface area contributed by atoms with E-state index in [1.165, 1.54) is 0 Å². The van der Waals surface area contributed by atoms with Gasteiger partial charge in [-0.1, -0.05) is 29.8 Å². The Hall–Kier alpha value is -1.46. The van der Waals surface area contributed by atoms with E-state index in [0.717, 1.165) is 22.3 Å². The zero-order valence-corrected chi connectivity index (χ0v) is 13.2. The first-order chi connectivity index (χ1) is 9.65. The molecule has 4 nitrogen and oxygen atoms in total. The molecule has 0 bridgehead atoms. The van der Waals surface area contributed by atoms with Crippen LogP contribution in [-0.4, -0.2) is 16.0 Å². The molecule has 1 aromatic carbocycles. The number of rotatable bonds is 6. The number of hydrogen-bond donors (Lipinski definition) is 1. The van der Waals surface area contributed by atoms with Crippen molar-refractivity contribution in [2.75, 3.05) is 0 Å². The van der Waals surface area contributed by atoms with Crippen LogP contribution >= 0.6 is 15.9 Å². The lowest BCUT2D eigenvalue weighted by molar-refractivity contribution is 0.291. The highest BCUT2D eigenvalue weighted by Gasteiger charge is 2.06. The second-order valence-corrected chi connectivity index (χ2v) is 5.66. The molecule has 1 aromatic heterocycles. The van der Waals surface area contributed by atoms with E-state index in [1.807, 2.05) is 12.1 Å². The zero-order chi connectivity index (χ0) is 14.4. The van der Waals surface area contributed by atoms with Crippen molar-refractivity contribution in [3.63, 3.8) is 0 Å². The Labute approximate surface area is 127 Å². The van der Waals surface area contributed by atoms with Gasteiger partial charge in [0, 0.05) is 35.0 Å². The van der Waals surface area contributed by atoms with Gasteiger partial charge in [-0.05, 0) is 24.3 Å². The van der Waals surface area contributed by atoms with Crippen LogP contribution in [0.25, 0.3) is 0 Å². The molecule has 0 unspecified atom stereocenters. The minimum Gasteiger partial charge on any atom is -0.485 e. The van der Waals surface area contributed by atoms with Gasteiger partial charge in [-0.3, -0.25) is 0 Å². The minimum atomic E-state index is 0.372. The topological polar surface area (TPSA) is 47.0 Å². The van der Waals surface area contributed by atoms with Crippen LogP contribution in [0.4, 0.5) is 0 Å². The molecule has 20 heavy (non-hydrogen) atoms. The smallest absolute Gasteiger partial charge is 0.166 e. The molecule has 0 aliphatic heterocycles. The number of ether oxygens (including phenoxy) is 1. The zero-order valence-electron chi connectivity index (χ0n) is 11.6. The van der Waals surface area contributed by atoms with Gasteiger partial charge in [-0.25, -0.2) is 9.97 Å². The van der Waals surface area contributed by atoms with E-state index in [2.05, 4.69) is 51.1 Å². The van der Waals surface area contributed by atoms with Crippen molar-refractivity contribution in [1.29, 1.82) is 0 Å². The Morgan fingerprint density at radius 3 is 2.70 bits per heavy atom. The molecule has 1 heterocycles. The monoisotopic (exact) mass is 335 g/mol. The van der Waals surface area contributed by atoms with Gasteiger partial charge < -0.3 is 10.1 Å². The van der Waals surface area contributed by atoms with E-state index in [-0.39, 0.29) is 0 Å². The lowest BCUT2D eigenvalue weighted by atomic mass is 10.2. The minimum absolute atomic E-state index is 0.372. The molecule has 106 valence electrons. The van der Waals surface area contributed by atoms with E-state index in [9.17, 15) is 0 Å². The SMILES string of the molecule is CC(C)NCc1cc(Br)ccc1OCc1ncccn1. The third-order valence-electron chi connectivity index (χ3n) is 2.70. The Balaban J connectivity index is 2.06. The van der Waals surface area contributed by atoms with Crippen molar-refractivity contribution in [1.82, 2.24) is 15.3 Å². The van der Waals surface area contributed by atoms with Crippen molar-refractivity contribution in [2.45, 2.75) is 33.0 Å².